The van der Waals surface area contributed by atoms with Gasteiger partial charge in [0.15, 0.2) is 6.23 Å². The molecule has 12 heteroatoms. The van der Waals surface area contributed by atoms with Crippen molar-refractivity contribution in [2.75, 3.05) is 24.3 Å². The standard InChI is InChI=1S/C31H34ClN5O6/c1-17-9-10-19(13-23(17)35-28(39)22-12-20-15-33-26(42-5)14-24(20)36-29(22)40)27(38)37-25(18-7-6-8-21(32)11-18)16-34-30(41)43-31(2,3)4/h6-15,25,29,36,40H,16H2,1-5H3,(H,34,41)(H,35,39)(H,37,38). The van der Waals surface area contributed by atoms with E-state index in [1.54, 1.807) is 76.2 Å². The Balaban J connectivity index is 1.51. The minimum atomic E-state index is -1.28. The van der Waals surface area contributed by atoms with Crippen LogP contribution in [0.3, 0.4) is 0 Å². The van der Waals surface area contributed by atoms with Gasteiger partial charge in [-0.15, -0.1) is 0 Å². The number of hydrogen-bond acceptors (Lipinski definition) is 8. The molecule has 226 valence electrons. The van der Waals surface area contributed by atoms with Crippen molar-refractivity contribution in [2.24, 2.45) is 0 Å². The molecule has 5 N–H and O–H groups in total. The molecule has 1 aliphatic rings. The van der Waals surface area contributed by atoms with E-state index in [1.807, 2.05) is 0 Å². The zero-order valence-corrected chi connectivity index (χ0v) is 25.2. The van der Waals surface area contributed by atoms with Crippen molar-refractivity contribution < 1.29 is 29.0 Å². The van der Waals surface area contributed by atoms with Crippen molar-refractivity contribution in [1.29, 1.82) is 0 Å². The molecule has 3 amide bonds. The SMILES string of the molecule is COc1cc2c(cn1)C=C(C(=O)Nc1cc(C(=O)NC(CNC(=O)OC(C)(C)C)c3cccc(Cl)c3)ccc1C)C(O)N2. The summed E-state index contributed by atoms with van der Waals surface area (Å²) in [6.45, 7) is 7.09. The number of ether oxygens (including phenoxy) is 2. The first-order valence-electron chi connectivity index (χ1n) is 13.5. The van der Waals surface area contributed by atoms with E-state index in [9.17, 15) is 19.5 Å². The first-order valence-corrected chi connectivity index (χ1v) is 13.9. The first kappa shape index (κ1) is 31.3. The number of methoxy groups -OCH3 is 1. The van der Waals surface area contributed by atoms with Crippen LogP contribution in [-0.2, 0) is 9.53 Å². The van der Waals surface area contributed by atoms with Gasteiger partial charge in [-0.25, -0.2) is 9.78 Å². The van der Waals surface area contributed by atoms with Crippen molar-refractivity contribution in [2.45, 2.75) is 45.6 Å². The van der Waals surface area contributed by atoms with Crippen molar-refractivity contribution in [1.82, 2.24) is 15.6 Å². The normalized spacial score (nSPS) is 14.8. The lowest BCUT2D eigenvalue weighted by Gasteiger charge is -2.24. The number of aryl methyl sites for hydroxylation is 1. The summed E-state index contributed by atoms with van der Waals surface area (Å²) < 4.78 is 10.4. The summed E-state index contributed by atoms with van der Waals surface area (Å²) in [5, 5.41) is 22.3. The molecule has 2 unspecified atom stereocenters. The number of alkyl carbamates (subject to hydrolysis) is 1. The highest BCUT2D eigenvalue weighted by molar-refractivity contribution is 6.30. The van der Waals surface area contributed by atoms with Crippen LogP contribution in [0.2, 0.25) is 5.02 Å². The molecule has 0 aliphatic carbocycles. The predicted octanol–water partition coefficient (Wildman–Crippen LogP) is 4.81. The Kier molecular flexibility index (Phi) is 9.57. The number of hydrogen-bond donors (Lipinski definition) is 5. The lowest BCUT2D eigenvalue weighted by Crippen LogP contribution is -2.40. The number of aliphatic hydroxyl groups excluding tert-OH is 1. The highest BCUT2D eigenvalue weighted by Crippen LogP contribution is 2.29. The Hall–Kier alpha value is -4.61. The fraction of sp³-hybridized carbons (Fsp3) is 0.290. The topological polar surface area (TPSA) is 151 Å². The van der Waals surface area contributed by atoms with Gasteiger partial charge in [0.05, 0.1) is 24.4 Å². The molecule has 0 fully saturated rings. The highest BCUT2D eigenvalue weighted by atomic mass is 35.5. The zero-order valence-electron chi connectivity index (χ0n) is 24.4. The van der Waals surface area contributed by atoms with Crippen LogP contribution >= 0.6 is 11.6 Å². The smallest absolute Gasteiger partial charge is 0.407 e. The summed E-state index contributed by atoms with van der Waals surface area (Å²) in [4.78, 5) is 43.0. The second kappa shape index (κ2) is 13.1. The summed E-state index contributed by atoms with van der Waals surface area (Å²) >= 11 is 6.19. The fourth-order valence-corrected chi connectivity index (χ4v) is 4.47. The largest absolute Gasteiger partial charge is 0.481 e. The minimum absolute atomic E-state index is 0.0394. The molecule has 2 heterocycles. The van der Waals surface area contributed by atoms with Crippen LogP contribution in [-0.4, -0.2) is 53.5 Å². The lowest BCUT2D eigenvalue weighted by atomic mass is 10.0. The van der Waals surface area contributed by atoms with Gasteiger partial charge in [-0.2, -0.15) is 0 Å². The van der Waals surface area contributed by atoms with Crippen molar-refractivity contribution in [3.05, 3.63) is 87.6 Å². The van der Waals surface area contributed by atoms with E-state index in [2.05, 4.69) is 26.3 Å². The summed E-state index contributed by atoms with van der Waals surface area (Å²) in [7, 11) is 1.48. The number of carbonyl (C=O) groups excluding carboxylic acids is 3. The van der Waals surface area contributed by atoms with Gasteiger partial charge in [-0.1, -0.05) is 29.8 Å². The number of amides is 3. The van der Waals surface area contributed by atoms with Crippen molar-refractivity contribution in [3.63, 3.8) is 0 Å². The van der Waals surface area contributed by atoms with Gasteiger partial charge in [-0.05, 0) is 69.2 Å². The predicted molar refractivity (Wildman–Crippen MR) is 164 cm³/mol. The number of fused-ring (bicyclic) bond motifs is 1. The van der Waals surface area contributed by atoms with E-state index in [4.69, 9.17) is 21.1 Å². The number of nitrogens with zero attached hydrogens (tertiary/aromatic N) is 1. The van der Waals surface area contributed by atoms with E-state index < -0.39 is 35.8 Å². The minimum Gasteiger partial charge on any atom is -0.481 e. The van der Waals surface area contributed by atoms with Gasteiger partial charge in [-0.3, -0.25) is 9.59 Å². The van der Waals surface area contributed by atoms with E-state index in [0.717, 1.165) is 0 Å². The lowest BCUT2D eigenvalue weighted by molar-refractivity contribution is -0.113. The highest BCUT2D eigenvalue weighted by Gasteiger charge is 2.26. The molecule has 0 radical (unpaired) electrons. The molecule has 0 bridgehead atoms. The van der Waals surface area contributed by atoms with Crippen LogP contribution < -0.4 is 26.0 Å². The van der Waals surface area contributed by atoms with Gasteiger partial charge in [0.25, 0.3) is 11.8 Å². The number of benzene rings is 2. The number of rotatable bonds is 8. The molecule has 2 aromatic carbocycles. The Labute approximate surface area is 254 Å². The van der Waals surface area contributed by atoms with E-state index >= 15 is 0 Å². The Morgan fingerprint density at radius 1 is 1.12 bits per heavy atom. The average molecular weight is 608 g/mol. The van der Waals surface area contributed by atoms with Gasteiger partial charge >= 0.3 is 6.09 Å². The summed E-state index contributed by atoms with van der Waals surface area (Å²) in [6.07, 6.45) is 1.17. The molecule has 3 aromatic rings. The second-order valence-electron chi connectivity index (χ2n) is 10.9. The third kappa shape index (κ3) is 8.24. The fourth-order valence-electron chi connectivity index (χ4n) is 4.27. The first-order chi connectivity index (χ1) is 20.3. The van der Waals surface area contributed by atoms with Crippen LogP contribution in [0.1, 0.15) is 53.9 Å². The van der Waals surface area contributed by atoms with Gasteiger partial charge < -0.3 is 35.8 Å². The summed E-state index contributed by atoms with van der Waals surface area (Å²) in [5.74, 6) is -0.636. The maximum Gasteiger partial charge on any atom is 0.407 e. The average Bonchev–Trinajstić information content (AvgIpc) is 2.94. The maximum absolute atomic E-state index is 13.4. The van der Waals surface area contributed by atoms with E-state index in [-0.39, 0.29) is 17.7 Å². The summed E-state index contributed by atoms with van der Waals surface area (Å²) in [6, 6.07) is 12.8. The van der Waals surface area contributed by atoms with Crippen LogP contribution in [0, 0.1) is 6.92 Å². The van der Waals surface area contributed by atoms with Crippen molar-refractivity contribution in [3.8, 4) is 5.88 Å². The molecule has 0 saturated carbocycles. The number of pyridine rings is 1. The Morgan fingerprint density at radius 3 is 2.58 bits per heavy atom. The molecule has 0 spiro atoms. The molecule has 1 aliphatic heterocycles. The molecule has 0 saturated heterocycles. The van der Waals surface area contributed by atoms with Gasteiger partial charge in [0.2, 0.25) is 5.88 Å². The molecular formula is C31H34ClN5O6. The monoisotopic (exact) mass is 607 g/mol. The van der Waals surface area contributed by atoms with Gasteiger partial charge in [0, 0.05) is 40.6 Å². The summed E-state index contributed by atoms with van der Waals surface area (Å²) in [5.41, 5.74) is 2.59. The maximum atomic E-state index is 13.4. The Bertz CT molecular complexity index is 1570. The van der Waals surface area contributed by atoms with E-state index in [0.29, 0.717) is 39.0 Å². The number of aromatic nitrogens is 1. The zero-order chi connectivity index (χ0) is 31.3. The molecule has 2 atom stereocenters. The third-order valence-corrected chi connectivity index (χ3v) is 6.67. The Morgan fingerprint density at radius 2 is 1.88 bits per heavy atom. The second-order valence-corrected chi connectivity index (χ2v) is 11.3. The van der Waals surface area contributed by atoms with Crippen LogP contribution in [0.5, 0.6) is 5.88 Å². The third-order valence-electron chi connectivity index (χ3n) is 6.43. The van der Waals surface area contributed by atoms with Crippen LogP contribution in [0.4, 0.5) is 16.2 Å². The quantitative estimate of drug-likeness (QED) is 0.245. The number of anilines is 2. The van der Waals surface area contributed by atoms with Crippen LogP contribution in [0.15, 0.2) is 60.3 Å². The van der Waals surface area contributed by atoms with Crippen molar-refractivity contribution >= 4 is 47.0 Å². The molecule has 4 rings (SSSR count). The van der Waals surface area contributed by atoms with Crippen LogP contribution in [0.25, 0.3) is 6.08 Å². The number of aliphatic hydroxyl groups is 1. The number of halogens is 1. The molecule has 1 aromatic heterocycles. The van der Waals surface area contributed by atoms with E-state index in [1.165, 1.54) is 19.4 Å². The molecule has 11 nitrogen and oxygen atoms in total. The molecular weight excluding hydrogens is 574 g/mol. The molecule has 43 heavy (non-hydrogen) atoms. The number of carbonyl (C=O) groups is 3. The number of nitrogens with one attached hydrogen (secondary N) is 4. The van der Waals surface area contributed by atoms with Gasteiger partial charge in [0.1, 0.15) is 5.60 Å².